The van der Waals surface area contributed by atoms with E-state index in [1.165, 1.54) is 24.3 Å². The molecule has 0 saturated carbocycles. The van der Waals surface area contributed by atoms with Gasteiger partial charge in [-0.15, -0.1) is 0 Å². The summed E-state index contributed by atoms with van der Waals surface area (Å²) in [6.45, 7) is 1.64. The highest BCUT2D eigenvalue weighted by Crippen LogP contribution is 2.28. The average molecular weight is 457 g/mol. The summed E-state index contributed by atoms with van der Waals surface area (Å²) in [5, 5.41) is 12.4. The van der Waals surface area contributed by atoms with E-state index in [4.69, 9.17) is 0 Å². The minimum Gasteiger partial charge on any atom is -0.392 e. The van der Waals surface area contributed by atoms with E-state index in [0.29, 0.717) is 4.47 Å². The summed E-state index contributed by atoms with van der Waals surface area (Å²) in [6.07, 6.45) is -1.04. The van der Waals surface area contributed by atoms with Crippen LogP contribution in [0.25, 0.3) is 0 Å². The summed E-state index contributed by atoms with van der Waals surface area (Å²) in [6, 6.07) is 9.23. The molecule has 0 bridgehead atoms. The van der Waals surface area contributed by atoms with Crippen molar-refractivity contribution in [2.45, 2.75) is 30.4 Å². The van der Waals surface area contributed by atoms with Crippen molar-refractivity contribution in [2.24, 2.45) is 0 Å². The number of amides is 1. The number of aliphatic hydroxyl groups excluding tert-OH is 1. The van der Waals surface area contributed by atoms with Crippen molar-refractivity contribution in [2.75, 3.05) is 11.9 Å². The number of carbonyl (C=O) groups excluding carboxylic acids is 1. The molecule has 0 aliphatic carbocycles. The zero-order valence-electron chi connectivity index (χ0n) is 14.4. The molecular weight excluding hydrogens is 439 g/mol. The molecule has 144 valence electrons. The summed E-state index contributed by atoms with van der Waals surface area (Å²) in [5.41, 5.74) is 0.840. The predicted molar refractivity (Wildman–Crippen MR) is 102 cm³/mol. The summed E-state index contributed by atoms with van der Waals surface area (Å²) < 4.78 is 41.3. The Labute approximate surface area is 165 Å². The summed E-state index contributed by atoms with van der Waals surface area (Å²) >= 11 is 3.13. The number of carbonyl (C=O) groups is 1. The lowest BCUT2D eigenvalue weighted by molar-refractivity contribution is -0.119. The number of rotatable bonds is 4. The van der Waals surface area contributed by atoms with Crippen molar-refractivity contribution in [3.05, 3.63) is 58.3 Å². The van der Waals surface area contributed by atoms with E-state index >= 15 is 0 Å². The van der Waals surface area contributed by atoms with E-state index in [1.54, 1.807) is 18.2 Å². The second kappa shape index (κ2) is 7.67. The zero-order chi connectivity index (χ0) is 19.8. The van der Waals surface area contributed by atoms with E-state index in [-0.39, 0.29) is 23.5 Å². The van der Waals surface area contributed by atoms with Crippen molar-refractivity contribution >= 4 is 37.5 Å². The molecule has 1 aliphatic heterocycles. The number of hydrogen-bond donors (Lipinski definition) is 2. The van der Waals surface area contributed by atoms with Gasteiger partial charge in [-0.1, -0.05) is 33.6 Å². The molecule has 27 heavy (non-hydrogen) atoms. The van der Waals surface area contributed by atoms with Crippen LogP contribution in [0.2, 0.25) is 0 Å². The van der Waals surface area contributed by atoms with E-state index in [1.807, 2.05) is 6.92 Å². The molecule has 1 saturated heterocycles. The van der Waals surface area contributed by atoms with Crippen LogP contribution in [-0.4, -0.2) is 42.4 Å². The summed E-state index contributed by atoms with van der Waals surface area (Å²) in [7, 11) is -3.98. The lowest BCUT2D eigenvalue weighted by atomic mass is 10.2. The fourth-order valence-corrected chi connectivity index (χ4v) is 4.91. The molecule has 0 unspecified atom stereocenters. The highest BCUT2D eigenvalue weighted by atomic mass is 79.9. The fraction of sp³-hybridized carbons (Fsp3) is 0.278. The van der Waals surface area contributed by atoms with Gasteiger partial charge in [0.1, 0.15) is 11.9 Å². The number of β-amino-alcohol motifs (C(OH)–C–C–N with tert-alkyl or cyclic N) is 1. The molecule has 2 atom stereocenters. The van der Waals surface area contributed by atoms with Crippen LogP contribution in [0.1, 0.15) is 12.0 Å². The Hall–Kier alpha value is -1.81. The number of aliphatic hydroxyl groups is 1. The first-order valence-corrected chi connectivity index (χ1v) is 10.4. The number of aryl methyl sites for hydroxylation is 1. The smallest absolute Gasteiger partial charge is 0.243 e. The number of nitrogens with zero attached hydrogens (tertiary/aromatic N) is 1. The van der Waals surface area contributed by atoms with Gasteiger partial charge < -0.3 is 10.4 Å². The lowest BCUT2D eigenvalue weighted by Gasteiger charge is -2.23. The molecule has 2 aromatic carbocycles. The quantitative estimate of drug-likeness (QED) is 0.740. The van der Waals surface area contributed by atoms with Gasteiger partial charge in [-0.05, 0) is 37.3 Å². The molecule has 1 heterocycles. The molecule has 1 aliphatic rings. The molecule has 2 aromatic rings. The first-order valence-electron chi connectivity index (χ1n) is 8.21. The second-order valence-electron chi connectivity index (χ2n) is 6.41. The van der Waals surface area contributed by atoms with Crippen LogP contribution in [0.15, 0.2) is 51.8 Å². The number of benzene rings is 2. The maximum Gasteiger partial charge on any atom is 0.243 e. The number of sulfonamides is 1. The largest absolute Gasteiger partial charge is 0.392 e. The number of anilines is 1. The Bertz CT molecular complexity index is 966. The maximum atomic E-state index is 14.0. The molecule has 0 radical (unpaired) electrons. The Kier molecular flexibility index (Phi) is 5.66. The highest BCUT2D eigenvalue weighted by molar-refractivity contribution is 9.10. The monoisotopic (exact) mass is 456 g/mol. The standard InChI is InChI=1S/C18H18BrFN2O4S/c1-11-2-5-14(6-3-11)27(25,26)22-10-13(23)9-17(22)18(24)21-16-7-4-12(19)8-15(16)20/h2-8,13,17,23H,9-10H2,1H3,(H,21,24)/t13-,17+/m1/s1. The maximum absolute atomic E-state index is 14.0. The minimum absolute atomic E-state index is 0.0369. The average Bonchev–Trinajstić information content (AvgIpc) is 3.00. The number of hydrogen-bond acceptors (Lipinski definition) is 4. The van der Waals surface area contributed by atoms with Gasteiger partial charge in [0.25, 0.3) is 0 Å². The Morgan fingerprint density at radius 3 is 2.56 bits per heavy atom. The molecule has 2 N–H and O–H groups in total. The van der Waals surface area contributed by atoms with Crippen LogP contribution >= 0.6 is 15.9 Å². The molecule has 6 nitrogen and oxygen atoms in total. The third-order valence-electron chi connectivity index (χ3n) is 4.35. The van der Waals surface area contributed by atoms with E-state index < -0.39 is 33.9 Å². The van der Waals surface area contributed by atoms with Crippen LogP contribution in [-0.2, 0) is 14.8 Å². The highest BCUT2D eigenvalue weighted by Gasteiger charge is 2.43. The van der Waals surface area contributed by atoms with Gasteiger partial charge in [0, 0.05) is 17.4 Å². The van der Waals surface area contributed by atoms with Crippen molar-refractivity contribution in [1.82, 2.24) is 4.31 Å². The fourth-order valence-electron chi connectivity index (χ4n) is 2.94. The van der Waals surface area contributed by atoms with E-state index in [9.17, 15) is 22.7 Å². The third kappa shape index (κ3) is 4.21. The van der Waals surface area contributed by atoms with Crippen molar-refractivity contribution in [1.29, 1.82) is 0 Å². The Balaban J connectivity index is 1.87. The SMILES string of the molecule is Cc1ccc(S(=O)(=O)N2C[C@H](O)C[C@H]2C(=O)Nc2ccc(Br)cc2F)cc1. The molecule has 1 fully saturated rings. The lowest BCUT2D eigenvalue weighted by Crippen LogP contribution is -2.43. The van der Waals surface area contributed by atoms with E-state index in [0.717, 1.165) is 9.87 Å². The van der Waals surface area contributed by atoms with Gasteiger partial charge in [0.15, 0.2) is 0 Å². The van der Waals surface area contributed by atoms with E-state index in [2.05, 4.69) is 21.2 Å². The van der Waals surface area contributed by atoms with Gasteiger partial charge in [0.2, 0.25) is 15.9 Å². The van der Waals surface area contributed by atoms with Crippen molar-refractivity contribution in [3.8, 4) is 0 Å². The first-order chi connectivity index (χ1) is 12.7. The number of nitrogens with one attached hydrogen (secondary N) is 1. The van der Waals surface area contributed by atoms with Gasteiger partial charge in [0.05, 0.1) is 16.7 Å². The van der Waals surface area contributed by atoms with Gasteiger partial charge in [-0.2, -0.15) is 4.31 Å². The molecule has 0 aromatic heterocycles. The second-order valence-corrected chi connectivity index (χ2v) is 9.21. The Morgan fingerprint density at radius 1 is 1.26 bits per heavy atom. The summed E-state index contributed by atoms with van der Waals surface area (Å²) in [5.74, 6) is -1.34. The van der Waals surface area contributed by atoms with Gasteiger partial charge in [-0.25, -0.2) is 12.8 Å². The van der Waals surface area contributed by atoms with Crippen LogP contribution in [0.4, 0.5) is 10.1 Å². The van der Waals surface area contributed by atoms with Crippen LogP contribution in [0, 0.1) is 12.7 Å². The van der Waals surface area contributed by atoms with Crippen LogP contribution in [0.3, 0.4) is 0 Å². The van der Waals surface area contributed by atoms with Gasteiger partial charge >= 0.3 is 0 Å². The molecule has 1 amide bonds. The molecule has 9 heteroatoms. The topological polar surface area (TPSA) is 86.7 Å². The molecule has 0 spiro atoms. The zero-order valence-corrected chi connectivity index (χ0v) is 16.8. The summed E-state index contributed by atoms with van der Waals surface area (Å²) in [4.78, 5) is 12.7. The normalized spacial score (nSPS) is 20.6. The minimum atomic E-state index is -3.98. The first kappa shape index (κ1) is 19.9. The molecule has 3 rings (SSSR count). The van der Waals surface area contributed by atoms with Crippen LogP contribution < -0.4 is 5.32 Å². The van der Waals surface area contributed by atoms with Crippen LogP contribution in [0.5, 0.6) is 0 Å². The Morgan fingerprint density at radius 2 is 1.93 bits per heavy atom. The molecular formula is C18H18BrFN2O4S. The predicted octanol–water partition coefficient (Wildman–Crippen LogP) is 2.66. The number of halogens is 2. The van der Waals surface area contributed by atoms with Crippen molar-refractivity contribution in [3.63, 3.8) is 0 Å². The van der Waals surface area contributed by atoms with Crippen molar-refractivity contribution < 1.29 is 22.7 Å². The third-order valence-corrected chi connectivity index (χ3v) is 6.74. The van der Waals surface area contributed by atoms with Gasteiger partial charge in [-0.3, -0.25) is 4.79 Å².